The maximum atomic E-state index is 6.18. The fourth-order valence-corrected chi connectivity index (χ4v) is 3.53. The SMILES string of the molecule is COc1cccc2c1nc(N)n2C(C)C1CCCCC1. The van der Waals surface area contributed by atoms with Crippen LogP contribution in [0.4, 0.5) is 5.95 Å². The van der Waals surface area contributed by atoms with Crippen LogP contribution in [0.2, 0.25) is 0 Å². The standard InChI is InChI=1S/C16H23N3O/c1-11(12-7-4-3-5-8-12)19-13-9-6-10-14(20-2)15(13)18-16(19)17/h6,9-12H,3-5,7-8H2,1-2H3,(H2,17,18). The minimum Gasteiger partial charge on any atom is -0.494 e. The number of fused-ring (bicyclic) bond motifs is 1. The Labute approximate surface area is 119 Å². The normalized spacial score (nSPS) is 18.3. The molecule has 1 aliphatic carbocycles. The molecule has 0 spiro atoms. The first kappa shape index (κ1) is 13.3. The monoisotopic (exact) mass is 273 g/mol. The summed E-state index contributed by atoms with van der Waals surface area (Å²) in [6, 6.07) is 6.42. The molecule has 2 N–H and O–H groups in total. The van der Waals surface area contributed by atoms with Crippen LogP contribution in [0.25, 0.3) is 11.0 Å². The van der Waals surface area contributed by atoms with E-state index in [0.717, 1.165) is 16.8 Å². The number of hydrogen-bond donors (Lipinski definition) is 1. The number of ether oxygens (including phenoxy) is 1. The van der Waals surface area contributed by atoms with Crippen molar-refractivity contribution in [3.8, 4) is 5.75 Å². The van der Waals surface area contributed by atoms with Crippen molar-refractivity contribution in [2.75, 3.05) is 12.8 Å². The van der Waals surface area contributed by atoms with Crippen LogP contribution in [0.5, 0.6) is 5.75 Å². The largest absolute Gasteiger partial charge is 0.494 e. The molecule has 108 valence electrons. The second-order valence-electron chi connectivity index (χ2n) is 5.81. The van der Waals surface area contributed by atoms with Crippen molar-refractivity contribution in [2.45, 2.75) is 45.1 Å². The van der Waals surface area contributed by atoms with Crippen LogP contribution in [-0.4, -0.2) is 16.7 Å². The molecule has 4 heteroatoms. The van der Waals surface area contributed by atoms with Crippen LogP contribution in [0.1, 0.15) is 45.1 Å². The van der Waals surface area contributed by atoms with Gasteiger partial charge in [0.1, 0.15) is 11.3 Å². The van der Waals surface area contributed by atoms with Crippen LogP contribution < -0.4 is 10.5 Å². The Hall–Kier alpha value is -1.71. The lowest BCUT2D eigenvalue weighted by Gasteiger charge is -2.29. The number of hydrogen-bond acceptors (Lipinski definition) is 3. The summed E-state index contributed by atoms with van der Waals surface area (Å²) >= 11 is 0. The summed E-state index contributed by atoms with van der Waals surface area (Å²) in [5.41, 5.74) is 8.13. The Morgan fingerprint density at radius 2 is 2.05 bits per heavy atom. The Morgan fingerprint density at radius 3 is 2.75 bits per heavy atom. The van der Waals surface area contributed by atoms with Gasteiger partial charge in [0.05, 0.1) is 12.6 Å². The molecule has 4 nitrogen and oxygen atoms in total. The van der Waals surface area contributed by atoms with Gasteiger partial charge in [-0.05, 0) is 37.8 Å². The smallest absolute Gasteiger partial charge is 0.201 e. The molecule has 0 radical (unpaired) electrons. The highest BCUT2D eigenvalue weighted by atomic mass is 16.5. The molecule has 1 unspecified atom stereocenters. The van der Waals surface area contributed by atoms with Gasteiger partial charge in [0, 0.05) is 6.04 Å². The predicted octanol–water partition coefficient (Wildman–Crippen LogP) is 3.77. The summed E-state index contributed by atoms with van der Waals surface area (Å²) in [6.07, 6.45) is 6.64. The molecule has 2 aromatic rings. The van der Waals surface area contributed by atoms with Gasteiger partial charge in [-0.1, -0.05) is 25.3 Å². The number of methoxy groups -OCH3 is 1. The van der Waals surface area contributed by atoms with Crippen LogP contribution in [0.15, 0.2) is 18.2 Å². The lowest BCUT2D eigenvalue weighted by Crippen LogP contribution is -2.20. The Bertz CT molecular complexity index is 599. The van der Waals surface area contributed by atoms with E-state index in [1.54, 1.807) is 7.11 Å². The average molecular weight is 273 g/mol. The second-order valence-corrected chi connectivity index (χ2v) is 5.81. The molecule has 0 saturated heterocycles. The highest BCUT2D eigenvalue weighted by Crippen LogP contribution is 2.37. The number of rotatable bonds is 3. The number of aromatic nitrogens is 2. The van der Waals surface area contributed by atoms with Crippen LogP contribution in [0.3, 0.4) is 0 Å². The maximum absolute atomic E-state index is 6.18. The average Bonchev–Trinajstić information content (AvgIpc) is 2.83. The fourth-order valence-electron chi connectivity index (χ4n) is 3.53. The third kappa shape index (κ3) is 2.13. The molecule has 1 aromatic heterocycles. The lowest BCUT2D eigenvalue weighted by molar-refractivity contribution is 0.269. The molecule has 1 fully saturated rings. The van der Waals surface area contributed by atoms with Gasteiger partial charge in [0.15, 0.2) is 0 Å². The van der Waals surface area contributed by atoms with Gasteiger partial charge >= 0.3 is 0 Å². The molecule has 20 heavy (non-hydrogen) atoms. The van der Waals surface area contributed by atoms with Crippen molar-refractivity contribution >= 4 is 17.0 Å². The number of para-hydroxylation sites is 1. The topological polar surface area (TPSA) is 53.1 Å². The van der Waals surface area contributed by atoms with Gasteiger partial charge in [-0.3, -0.25) is 0 Å². The van der Waals surface area contributed by atoms with E-state index in [1.165, 1.54) is 32.1 Å². The maximum Gasteiger partial charge on any atom is 0.201 e. The quantitative estimate of drug-likeness (QED) is 0.926. The Balaban J connectivity index is 2.04. The number of anilines is 1. The summed E-state index contributed by atoms with van der Waals surface area (Å²) in [4.78, 5) is 4.52. The first-order valence-corrected chi connectivity index (χ1v) is 7.52. The number of nitrogen functional groups attached to an aromatic ring is 1. The van der Waals surface area contributed by atoms with Crippen molar-refractivity contribution in [3.63, 3.8) is 0 Å². The van der Waals surface area contributed by atoms with Gasteiger partial charge < -0.3 is 15.0 Å². The fraction of sp³-hybridized carbons (Fsp3) is 0.562. The van der Waals surface area contributed by atoms with Crippen molar-refractivity contribution in [3.05, 3.63) is 18.2 Å². The van der Waals surface area contributed by atoms with Crippen molar-refractivity contribution in [1.29, 1.82) is 0 Å². The first-order valence-electron chi connectivity index (χ1n) is 7.52. The van der Waals surface area contributed by atoms with Gasteiger partial charge in [0.2, 0.25) is 5.95 Å². The molecule has 1 saturated carbocycles. The molecule has 1 aromatic carbocycles. The Morgan fingerprint density at radius 1 is 1.30 bits per heavy atom. The zero-order valence-corrected chi connectivity index (χ0v) is 12.3. The van der Waals surface area contributed by atoms with E-state index in [1.807, 2.05) is 12.1 Å². The third-order valence-corrected chi connectivity index (χ3v) is 4.67. The zero-order valence-electron chi connectivity index (χ0n) is 12.3. The third-order valence-electron chi connectivity index (χ3n) is 4.67. The predicted molar refractivity (Wildman–Crippen MR) is 82.0 cm³/mol. The molecule has 1 atom stereocenters. The molecule has 1 heterocycles. The van der Waals surface area contributed by atoms with Crippen LogP contribution in [-0.2, 0) is 0 Å². The molecule has 1 aliphatic rings. The van der Waals surface area contributed by atoms with Crippen LogP contribution in [0, 0.1) is 5.92 Å². The van der Waals surface area contributed by atoms with Gasteiger partial charge in [-0.25, -0.2) is 4.98 Å². The molecule has 0 amide bonds. The molecule has 3 rings (SSSR count). The second kappa shape index (κ2) is 5.35. The Kier molecular flexibility index (Phi) is 3.55. The van der Waals surface area contributed by atoms with Crippen molar-refractivity contribution < 1.29 is 4.74 Å². The minimum absolute atomic E-state index is 0.396. The van der Waals surface area contributed by atoms with E-state index in [0.29, 0.717) is 17.9 Å². The number of nitrogens with two attached hydrogens (primary N) is 1. The highest BCUT2D eigenvalue weighted by Gasteiger charge is 2.25. The lowest BCUT2D eigenvalue weighted by atomic mass is 9.84. The van der Waals surface area contributed by atoms with Gasteiger partial charge in [-0.15, -0.1) is 0 Å². The summed E-state index contributed by atoms with van der Waals surface area (Å²) < 4.78 is 7.58. The summed E-state index contributed by atoms with van der Waals surface area (Å²) in [7, 11) is 1.68. The van der Waals surface area contributed by atoms with Crippen molar-refractivity contribution in [1.82, 2.24) is 9.55 Å². The van der Waals surface area contributed by atoms with E-state index in [2.05, 4.69) is 22.5 Å². The van der Waals surface area contributed by atoms with E-state index >= 15 is 0 Å². The van der Waals surface area contributed by atoms with E-state index in [4.69, 9.17) is 10.5 Å². The van der Waals surface area contributed by atoms with E-state index < -0.39 is 0 Å². The van der Waals surface area contributed by atoms with Gasteiger partial charge in [-0.2, -0.15) is 0 Å². The number of nitrogens with zero attached hydrogens (tertiary/aromatic N) is 2. The minimum atomic E-state index is 0.396. The molecular formula is C16H23N3O. The number of imidazole rings is 1. The van der Waals surface area contributed by atoms with Crippen molar-refractivity contribution in [2.24, 2.45) is 5.92 Å². The summed E-state index contributed by atoms with van der Waals surface area (Å²) in [5.74, 6) is 2.10. The van der Waals surface area contributed by atoms with E-state index in [9.17, 15) is 0 Å². The molecular weight excluding hydrogens is 250 g/mol. The zero-order chi connectivity index (χ0) is 14.1. The van der Waals surface area contributed by atoms with E-state index in [-0.39, 0.29) is 0 Å². The molecule has 0 bridgehead atoms. The summed E-state index contributed by atoms with van der Waals surface area (Å²) in [5, 5.41) is 0. The number of benzene rings is 1. The highest BCUT2D eigenvalue weighted by molar-refractivity contribution is 5.84. The van der Waals surface area contributed by atoms with Crippen LogP contribution >= 0.6 is 0 Å². The summed E-state index contributed by atoms with van der Waals surface area (Å²) in [6.45, 7) is 2.27. The molecule has 0 aliphatic heterocycles. The first-order chi connectivity index (χ1) is 9.72. The van der Waals surface area contributed by atoms with Gasteiger partial charge in [0.25, 0.3) is 0 Å².